The second-order valence-corrected chi connectivity index (χ2v) is 5.52. The van der Waals surface area contributed by atoms with E-state index in [-0.39, 0.29) is 12.3 Å². The van der Waals surface area contributed by atoms with Crippen LogP contribution in [0.25, 0.3) is 11.0 Å². The summed E-state index contributed by atoms with van der Waals surface area (Å²) < 4.78 is 10.9. The van der Waals surface area contributed by atoms with E-state index in [0.717, 1.165) is 16.5 Å². The number of hydrogen-bond donors (Lipinski definition) is 0. The third-order valence-corrected chi connectivity index (χ3v) is 3.94. The minimum absolute atomic E-state index is 0.0450. The summed E-state index contributed by atoms with van der Waals surface area (Å²) in [6, 6.07) is 11.2. The quantitative estimate of drug-likeness (QED) is 0.413. The molecule has 0 aliphatic rings. The number of benzene rings is 2. The van der Waals surface area contributed by atoms with Gasteiger partial charge in [-0.05, 0) is 31.0 Å². The molecule has 0 amide bonds. The van der Waals surface area contributed by atoms with Crippen LogP contribution in [0.15, 0.2) is 51.7 Å². The second-order valence-electron chi connectivity index (χ2n) is 5.52. The predicted molar refractivity (Wildman–Crippen MR) is 89.4 cm³/mol. The number of ether oxygens (including phenoxy) is 1. The van der Waals surface area contributed by atoms with E-state index in [2.05, 4.69) is 0 Å². The van der Waals surface area contributed by atoms with Gasteiger partial charge >= 0.3 is 5.63 Å². The molecule has 0 saturated carbocycles. The molecule has 0 spiro atoms. The largest absolute Gasteiger partial charge is 0.489 e. The number of hydrogen-bond acceptors (Lipinski definition) is 5. The van der Waals surface area contributed by atoms with Crippen LogP contribution < -0.4 is 10.4 Å². The average molecular weight is 325 g/mol. The van der Waals surface area contributed by atoms with Crippen molar-refractivity contribution < 1.29 is 14.1 Å². The van der Waals surface area contributed by atoms with Crippen molar-refractivity contribution in [2.45, 2.75) is 20.5 Å². The Bertz CT molecular complexity index is 990. The number of rotatable bonds is 4. The molecule has 0 saturated heterocycles. The van der Waals surface area contributed by atoms with E-state index in [1.54, 1.807) is 12.1 Å². The molecule has 1 heterocycles. The summed E-state index contributed by atoms with van der Waals surface area (Å²) in [5.74, 6) is 0.370. The molecule has 0 unspecified atom stereocenters. The van der Waals surface area contributed by atoms with Crippen LogP contribution in [0.4, 0.5) is 5.69 Å². The lowest BCUT2D eigenvalue weighted by Gasteiger charge is -2.10. The fourth-order valence-corrected chi connectivity index (χ4v) is 2.49. The lowest BCUT2D eigenvalue weighted by atomic mass is 10.0. The molecular formula is C18H15NO5. The normalized spacial score (nSPS) is 10.8. The first-order chi connectivity index (χ1) is 11.5. The van der Waals surface area contributed by atoms with E-state index < -0.39 is 10.5 Å². The number of nitro groups is 1. The number of nitrogens with zero attached hydrogens (tertiary/aromatic N) is 1. The number of aryl methyl sites for hydroxylation is 2. The maximum absolute atomic E-state index is 11.8. The van der Waals surface area contributed by atoms with Crippen molar-refractivity contribution >= 4 is 16.7 Å². The molecule has 0 aliphatic carbocycles. The maximum atomic E-state index is 11.8. The molecule has 0 N–H and O–H groups in total. The maximum Gasteiger partial charge on any atom is 0.336 e. The minimum Gasteiger partial charge on any atom is -0.489 e. The van der Waals surface area contributed by atoms with Gasteiger partial charge in [-0.15, -0.1) is 0 Å². The van der Waals surface area contributed by atoms with Crippen LogP contribution in [-0.2, 0) is 6.61 Å². The molecule has 24 heavy (non-hydrogen) atoms. The molecule has 3 rings (SSSR count). The van der Waals surface area contributed by atoms with Crippen molar-refractivity contribution in [2.24, 2.45) is 0 Å². The molecular weight excluding hydrogens is 310 g/mol. The van der Waals surface area contributed by atoms with Crippen LogP contribution in [0.5, 0.6) is 5.75 Å². The van der Waals surface area contributed by atoms with Crippen molar-refractivity contribution in [1.29, 1.82) is 0 Å². The average Bonchev–Trinajstić information content (AvgIpc) is 2.56. The first kappa shape index (κ1) is 15.7. The smallest absolute Gasteiger partial charge is 0.336 e. The Morgan fingerprint density at radius 2 is 1.96 bits per heavy atom. The van der Waals surface area contributed by atoms with Crippen molar-refractivity contribution in [2.75, 3.05) is 0 Å². The van der Waals surface area contributed by atoms with Gasteiger partial charge in [-0.1, -0.05) is 18.2 Å². The number of fused-ring (bicyclic) bond motifs is 1. The zero-order valence-electron chi connectivity index (χ0n) is 13.2. The van der Waals surface area contributed by atoms with Crippen molar-refractivity contribution in [3.8, 4) is 5.75 Å². The van der Waals surface area contributed by atoms with E-state index in [1.165, 1.54) is 18.2 Å². The Hall–Kier alpha value is -3.15. The van der Waals surface area contributed by atoms with Gasteiger partial charge in [0, 0.05) is 23.1 Å². The first-order valence-electron chi connectivity index (χ1n) is 7.36. The molecule has 122 valence electrons. The van der Waals surface area contributed by atoms with Gasteiger partial charge in [0.25, 0.3) is 5.69 Å². The summed E-state index contributed by atoms with van der Waals surface area (Å²) in [6.07, 6.45) is 0. The van der Waals surface area contributed by atoms with Gasteiger partial charge < -0.3 is 9.15 Å². The van der Waals surface area contributed by atoms with E-state index in [1.807, 2.05) is 26.0 Å². The Morgan fingerprint density at radius 3 is 2.71 bits per heavy atom. The van der Waals surface area contributed by atoms with Gasteiger partial charge in [-0.25, -0.2) is 4.79 Å². The Morgan fingerprint density at radius 1 is 1.17 bits per heavy atom. The molecule has 3 aromatic rings. The number of nitro benzene ring substituents is 1. The monoisotopic (exact) mass is 325 g/mol. The zero-order chi connectivity index (χ0) is 17.3. The molecule has 6 nitrogen and oxygen atoms in total. The predicted octanol–water partition coefficient (Wildman–Crippen LogP) is 3.90. The van der Waals surface area contributed by atoms with E-state index in [4.69, 9.17) is 9.15 Å². The molecule has 0 radical (unpaired) electrons. The summed E-state index contributed by atoms with van der Waals surface area (Å²) in [7, 11) is 0. The summed E-state index contributed by atoms with van der Waals surface area (Å²) in [4.78, 5) is 22.1. The molecule has 0 fully saturated rings. The molecule has 0 aliphatic heterocycles. The van der Waals surface area contributed by atoms with Gasteiger partial charge in [0.2, 0.25) is 0 Å². The highest BCUT2D eigenvalue weighted by atomic mass is 16.6. The molecule has 0 atom stereocenters. The van der Waals surface area contributed by atoms with Gasteiger partial charge in [0.05, 0.1) is 11.0 Å². The van der Waals surface area contributed by atoms with Gasteiger partial charge in [0.15, 0.2) is 0 Å². The zero-order valence-corrected chi connectivity index (χ0v) is 13.2. The van der Waals surface area contributed by atoms with Crippen LogP contribution in [0.2, 0.25) is 0 Å². The molecule has 6 heteroatoms. The lowest BCUT2D eigenvalue weighted by molar-refractivity contribution is -0.384. The summed E-state index contributed by atoms with van der Waals surface area (Å²) in [5, 5.41) is 11.6. The van der Waals surface area contributed by atoms with Crippen LogP contribution in [0, 0.1) is 24.0 Å². The van der Waals surface area contributed by atoms with Crippen molar-refractivity contribution in [1.82, 2.24) is 0 Å². The first-order valence-corrected chi connectivity index (χ1v) is 7.36. The molecule has 2 aromatic carbocycles. The van der Waals surface area contributed by atoms with Crippen LogP contribution in [0.3, 0.4) is 0 Å². The van der Waals surface area contributed by atoms with Crippen molar-refractivity contribution in [3.05, 3.63) is 79.7 Å². The van der Waals surface area contributed by atoms with Crippen molar-refractivity contribution in [3.63, 3.8) is 0 Å². The Labute approximate surface area is 137 Å². The van der Waals surface area contributed by atoms with E-state index in [0.29, 0.717) is 16.9 Å². The van der Waals surface area contributed by atoms with Crippen LogP contribution in [-0.4, -0.2) is 4.92 Å². The SMILES string of the molecule is Cc1ccc2c(COc3cccc([N+](=O)[O-])c3)cc(=O)oc2c1C. The summed E-state index contributed by atoms with van der Waals surface area (Å²) >= 11 is 0. The topological polar surface area (TPSA) is 82.6 Å². The van der Waals surface area contributed by atoms with Gasteiger partial charge in [-0.3, -0.25) is 10.1 Å². The molecule has 1 aromatic heterocycles. The fraction of sp³-hybridized carbons (Fsp3) is 0.167. The lowest BCUT2D eigenvalue weighted by Crippen LogP contribution is -2.05. The fourth-order valence-electron chi connectivity index (χ4n) is 2.49. The van der Waals surface area contributed by atoms with E-state index >= 15 is 0 Å². The third kappa shape index (κ3) is 2.99. The Balaban J connectivity index is 1.96. The second kappa shape index (κ2) is 6.16. The summed E-state index contributed by atoms with van der Waals surface area (Å²) in [6.45, 7) is 3.96. The molecule has 0 bridgehead atoms. The van der Waals surface area contributed by atoms with E-state index in [9.17, 15) is 14.9 Å². The van der Waals surface area contributed by atoms with Gasteiger partial charge in [-0.2, -0.15) is 0 Å². The van der Waals surface area contributed by atoms with Crippen LogP contribution >= 0.6 is 0 Å². The highest BCUT2D eigenvalue weighted by molar-refractivity contribution is 5.83. The standard InChI is InChI=1S/C18H15NO5/c1-11-6-7-16-13(8-17(20)24-18(16)12(11)2)10-23-15-5-3-4-14(9-15)19(21)22/h3-9H,10H2,1-2H3. The third-order valence-electron chi connectivity index (χ3n) is 3.94. The van der Waals surface area contributed by atoms with Gasteiger partial charge in [0.1, 0.15) is 17.9 Å². The summed E-state index contributed by atoms with van der Waals surface area (Å²) in [5.41, 5.74) is 2.66. The van der Waals surface area contributed by atoms with Crippen LogP contribution in [0.1, 0.15) is 16.7 Å². The number of non-ortho nitro benzene ring substituents is 1. The highest BCUT2D eigenvalue weighted by Crippen LogP contribution is 2.25. The minimum atomic E-state index is -0.481. The Kier molecular flexibility index (Phi) is 4.04. The highest BCUT2D eigenvalue weighted by Gasteiger charge is 2.11.